The number of hydrogen-bond acceptors (Lipinski definition) is 26. The standard InChI is InChI=1S/C63H100O27/c1-13-25(3)52(79)89-49-50(90-53(80)26(4)14-2)63(24-65)29(21-58(49,6)7)28-15-16-33-60(10)19-18-34(59(8,9)32(60)17-20-61(33,11)62(28,12)47(75)48(63)76)84-57-46(88-55-41(73)39(71)37(69)31(22-64)83-55)43(42(74)44(86-57)51(77)78)85-56-45(36(68)30(66)23-81-56)87-54-40(72)38(70)35(67)27(5)82-54/h13,15,26-27,29-50,54-57,64-76H,14,16-24H2,1-12H3,(H,77,78). The summed E-state index contributed by atoms with van der Waals surface area (Å²) in [4.78, 5) is 40.9. The summed E-state index contributed by atoms with van der Waals surface area (Å²) < 4.78 is 61.7. The first-order chi connectivity index (χ1) is 42.0. The van der Waals surface area contributed by atoms with E-state index >= 15 is 0 Å². The van der Waals surface area contributed by atoms with E-state index in [2.05, 4.69) is 19.9 Å². The molecule has 32 atom stereocenters. The Bertz CT molecular complexity index is 2640. The van der Waals surface area contributed by atoms with Crippen LogP contribution in [0.1, 0.15) is 128 Å². The van der Waals surface area contributed by atoms with Gasteiger partial charge in [-0.2, -0.15) is 0 Å². The molecule has 5 aliphatic carbocycles. The number of aliphatic hydroxyl groups is 13. The van der Waals surface area contributed by atoms with Gasteiger partial charge in [0.05, 0.1) is 55.6 Å². The molecule has 0 aromatic heterocycles. The molecule has 9 rings (SSSR count). The van der Waals surface area contributed by atoms with Crippen LogP contribution in [0.5, 0.6) is 0 Å². The second-order valence-electron chi connectivity index (χ2n) is 29.2. The van der Waals surface area contributed by atoms with Gasteiger partial charge in [0.25, 0.3) is 0 Å². The van der Waals surface area contributed by atoms with Crippen molar-refractivity contribution in [3.05, 3.63) is 23.3 Å². The van der Waals surface area contributed by atoms with E-state index in [9.17, 15) is 85.9 Å². The molecule has 14 N–H and O–H groups in total. The molecular weight excluding hydrogens is 1190 g/mol. The number of aliphatic hydroxyl groups excluding tert-OH is 13. The fraction of sp³-hybridized carbons (Fsp3) is 0.889. The van der Waals surface area contributed by atoms with Gasteiger partial charge in [0.1, 0.15) is 85.5 Å². The molecule has 0 amide bonds. The lowest BCUT2D eigenvalue weighted by molar-refractivity contribution is -0.401. The van der Waals surface area contributed by atoms with Crippen LogP contribution in [0.3, 0.4) is 0 Å². The van der Waals surface area contributed by atoms with E-state index < -0.39 is 229 Å². The van der Waals surface area contributed by atoms with Crippen molar-refractivity contribution >= 4 is 17.9 Å². The van der Waals surface area contributed by atoms with Gasteiger partial charge < -0.3 is 119 Å². The van der Waals surface area contributed by atoms with Gasteiger partial charge in [-0.25, -0.2) is 9.59 Å². The van der Waals surface area contributed by atoms with Crippen LogP contribution in [0.25, 0.3) is 0 Å². The molecule has 90 heavy (non-hydrogen) atoms. The summed E-state index contributed by atoms with van der Waals surface area (Å²) in [5, 5.41) is 158. The molecule has 32 unspecified atom stereocenters. The van der Waals surface area contributed by atoms with Crippen LogP contribution in [0.15, 0.2) is 23.3 Å². The van der Waals surface area contributed by atoms with Crippen LogP contribution in [-0.4, -0.2) is 256 Å². The van der Waals surface area contributed by atoms with Crippen molar-refractivity contribution in [3.8, 4) is 0 Å². The number of rotatable bonds is 16. The van der Waals surface area contributed by atoms with Crippen LogP contribution in [0, 0.1) is 56.2 Å². The van der Waals surface area contributed by atoms with Crippen molar-refractivity contribution in [3.63, 3.8) is 0 Å². The van der Waals surface area contributed by atoms with Gasteiger partial charge in [-0.05, 0) is 99.7 Å². The molecule has 0 bridgehead atoms. The predicted molar refractivity (Wildman–Crippen MR) is 308 cm³/mol. The third kappa shape index (κ3) is 11.6. The highest BCUT2D eigenvalue weighted by Crippen LogP contribution is 2.76. The van der Waals surface area contributed by atoms with Gasteiger partial charge in [0.2, 0.25) is 0 Å². The number of carbonyl (C=O) groups excluding carboxylic acids is 2. The van der Waals surface area contributed by atoms with E-state index in [0.717, 1.165) is 5.57 Å². The maximum Gasteiger partial charge on any atom is 0.335 e. The van der Waals surface area contributed by atoms with Gasteiger partial charge in [-0.1, -0.05) is 80.0 Å². The molecule has 9 aliphatic rings. The van der Waals surface area contributed by atoms with E-state index in [1.165, 1.54) is 6.92 Å². The van der Waals surface area contributed by atoms with Gasteiger partial charge in [0.15, 0.2) is 37.4 Å². The monoisotopic (exact) mass is 1290 g/mol. The molecule has 4 aliphatic heterocycles. The molecule has 4 saturated carbocycles. The lowest BCUT2D eigenvalue weighted by atomic mass is 9.32. The largest absolute Gasteiger partial charge is 0.479 e. The molecule has 0 spiro atoms. The normalized spacial score (nSPS) is 50.4. The van der Waals surface area contributed by atoms with Crippen molar-refractivity contribution < 1.29 is 133 Å². The maximum atomic E-state index is 14.0. The Balaban J connectivity index is 1.05. The quantitative estimate of drug-likeness (QED) is 0.0389. The Morgan fingerprint density at radius 3 is 1.92 bits per heavy atom. The number of fused-ring (bicyclic) bond motifs is 7. The second-order valence-corrected chi connectivity index (χ2v) is 29.2. The summed E-state index contributed by atoms with van der Waals surface area (Å²) >= 11 is 0. The third-order valence-electron chi connectivity index (χ3n) is 23.7. The van der Waals surface area contributed by atoms with E-state index in [1.807, 2.05) is 41.5 Å². The highest BCUT2D eigenvalue weighted by atomic mass is 16.8. The maximum absolute atomic E-state index is 14.0. The van der Waals surface area contributed by atoms with Crippen LogP contribution in [-0.2, 0) is 61.8 Å². The molecule has 4 heterocycles. The van der Waals surface area contributed by atoms with Gasteiger partial charge in [0, 0.05) is 16.4 Å². The van der Waals surface area contributed by atoms with E-state index in [0.29, 0.717) is 37.7 Å². The molecule has 4 saturated heterocycles. The minimum absolute atomic E-state index is 0.192. The van der Waals surface area contributed by atoms with Gasteiger partial charge in [-0.3, -0.25) is 4.79 Å². The molecule has 514 valence electrons. The first-order valence-corrected chi connectivity index (χ1v) is 31.9. The first kappa shape index (κ1) is 71.3. The van der Waals surface area contributed by atoms with E-state index in [4.69, 9.17) is 47.4 Å². The lowest BCUT2D eigenvalue weighted by Gasteiger charge is -2.73. The fourth-order valence-corrected chi connectivity index (χ4v) is 17.6. The Labute approximate surface area is 524 Å². The number of ether oxygens (including phenoxy) is 10. The minimum atomic E-state index is -2.24. The third-order valence-corrected chi connectivity index (χ3v) is 23.7. The average Bonchev–Trinajstić information content (AvgIpc) is 0.663. The molecule has 0 aromatic carbocycles. The molecule has 27 nitrogen and oxygen atoms in total. The first-order valence-electron chi connectivity index (χ1n) is 31.9. The van der Waals surface area contributed by atoms with Crippen LogP contribution < -0.4 is 0 Å². The van der Waals surface area contributed by atoms with Crippen LogP contribution in [0.4, 0.5) is 0 Å². The fourth-order valence-electron chi connectivity index (χ4n) is 17.6. The van der Waals surface area contributed by atoms with Crippen molar-refractivity contribution in [2.24, 2.45) is 56.2 Å². The van der Waals surface area contributed by atoms with Gasteiger partial charge in [-0.15, -0.1) is 0 Å². The zero-order chi connectivity index (χ0) is 66.6. The summed E-state index contributed by atoms with van der Waals surface area (Å²) in [6.07, 6.45) is -35.3. The van der Waals surface area contributed by atoms with Crippen LogP contribution in [0.2, 0.25) is 0 Å². The lowest BCUT2D eigenvalue weighted by Crippen LogP contribution is -2.76. The molecule has 27 heteroatoms. The average molecular weight is 1290 g/mol. The van der Waals surface area contributed by atoms with Crippen molar-refractivity contribution in [2.45, 2.75) is 275 Å². The zero-order valence-electron chi connectivity index (χ0n) is 53.5. The Hall–Kier alpha value is -2.95. The van der Waals surface area contributed by atoms with Crippen LogP contribution >= 0.6 is 0 Å². The molecular formula is C63H100O27. The van der Waals surface area contributed by atoms with E-state index in [1.54, 1.807) is 26.8 Å². The summed E-state index contributed by atoms with van der Waals surface area (Å²) in [6, 6.07) is 0. The summed E-state index contributed by atoms with van der Waals surface area (Å²) in [6.45, 7) is 20.1. The smallest absolute Gasteiger partial charge is 0.335 e. The Morgan fingerprint density at radius 1 is 0.689 bits per heavy atom. The van der Waals surface area contributed by atoms with Crippen molar-refractivity contribution in [1.82, 2.24) is 0 Å². The number of aliphatic carboxylic acids is 1. The van der Waals surface area contributed by atoms with Crippen molar-refractivity contribution in [1.29, 1.82) is 0 Å². The van der Waals surface area contributed by atoms with Gasteiger partial charge >= 0.3 is 17.9 Å². The highest BCUT2D eigenvalue weighted by Gasteiger charge is 2.77. The number of allylic oxidation sites excluding steroid dienone is 2. The number of carbonyl (C=O) groups is 3. The van der Waals surface area contributed by atoms with E-state index in [-0.39, 0.29) is 24.7 Å². The zero-order valence-corrected chi connectivity index (χ0v) is 53.5. The molecule has 0 aromatic rings. The second kappa shape index (κ2) is 26.2. The number of hydrogen-bond donors (Lipinski definition) is 14. The predicted octanol–water partition coefficient (Wildman–Crippen LogP) is -0.806. The minimum Gasteiger partial charge on any atom is -0.479 e. The van der Waals surface area contributed by atoms with Crippen molar-refractivity contribution in [2.75, 3.05) is 19.8 Å². The summed E-state index contributed by atoms with van der Waals surface area (Å²) in [5.74, 6) is -4.64. The Kier molecular flexibility index (Phi) is 20.8. The number of esters is 2. The highest BCUT2D eigenvalue weighted by molar-refractivity contribution is 5.88. The summed E-state index contributed by atoms with van der Waals surface area (Å²) in [7, 11) is 0. The number of carboxylic acid groups (broad SMARTS) is 1. The number of carboxylic acids is 1. The molecule has 8 fully saturated rings. The SMILES string of the molecule is CC=C(C)C(=O)OC1C(OC(=O)C(C)CC)C2(CO)C(CC1(C)C)C1=CCC3C4(C)CCC(OC5OC(C(=O)O)C(O)C(OC6OCC(O)C(O)C6OC6OC(C)C(O)C(O)C6O)C5OC5OC(CO)C(O)C(O)C5O)C(C)(C)C4CCC3(C)C1(C)C(O)C2O. The molecule has 0 radical (unpaired) electrons. The topological polar surface area (TPSA) is 427 Å². The summed E-state index contributed by atoms with van der Waals surface area (Å²) in [5.41, 5.74) is -4.86. The Morgan fingerprint density at radius 2 is 1.31 bits per heavy atom.